The summed E-state index contributed by atoms with van der Waals surface area (Å²) >= 11 is 0. The molecule has 142 valence electrons. The van der Waals surface area contributed by atoms with E-state index in [1.807, 2.05) is 0 Å². The number of carbonyl (C=O) groups is 2. The number of benzene rings is 1. The fourth-order valence-corrected chi connectivity index (χ4v) is 3.08. The van der Waals surface area contributed by atoms with Gasteiger partial charge in [0.2, 0.25) is 0 Å². The van der Waals surface area contributed by atoms with E-state index in [1.54, 1.807) is 6.92 Å². The van der Waals surface area contributed by atoms with Crippen LogP contribution in [-0.2, 0) is 15.7 Å². The maximum atomic E-state index is 12.7. The molecule has 1 aromatic carbocycles. The molecule has 0 saturated carbocycles. The lowest BCUT2D eigenvalue weighted by atomic mass is 9.75. The first kappa shape index (κ1) is 19.8. The van der Waals surface area contributed by atoms with Crippen LogP contribution in [0.15, 0.2) is 36.9 Å². The van der Waals surface area contributed by atoms with Crippen LogP contribution in [0.1, 0.15) is 36.9 Å². The van der Waals surface area contributed by atoms with Crippen LogP contribution in [0.5, 0.6) is 0 Å². The van der Waals surface area contributed by atoms with Gasteiger partial charge in [0.05, 0.1) is 17.0 Å². The Hall–Kier alpha value is -2.51. The van der Waals surface area contributed by atoms with Crippen molar-refractivity contribution in [1.29, 1.82) is 0 Å². The normalized spacial score (nSPS) is 23.4. The van der Waals surface area contributed by atoms with Crippen molar-refractivity contribution in [2.75, 3.05) is 13.2 Å². The zero-order valence-electron chi connectivity index (χ0n) is 14.3. The van der Waals surface area contributed by atoms with Crippen molar-refractivity contribution in [2.45, 2.75) is 32.0 Å². The number of hydrogen-bond acceptors (Lipinski definition) is 3. The monoisotopic (exact) mass is 371 g/mol. The number of piperidine rings is 1. The van der Waals surface area contributed by atoms with Gasteiger partial charge in [0.1, 0.15) is 6.61 Å². The van der Waals surface area contributed by atoms with E-state index >= 15 is 0 Å². The molecule has 2 unspecified atom stereocenters. The smallest absolute Gasteiger partial charge is 0.416 e. The molecule has 1 aromatic rings. The lowest BCUT2D eigenvalue weighted by molar-refractivity contribution is -0.157. The van der Waals surface area contributed by atoms with Gasteiger partial charge >= 0.3 is 18.2 Å². The molecule has 0 aromatic heterocycles. The van der Waals surface area contributed by atoms with Crippen molar-refractivity contribution >= 4 is 12.1 Å². The van der Waals surface area contributed by atoms with Crippen LogP contribution in [0.3, 0.4) is 0 Å². The summed E-state index contributed by atoms with van der Waals surface area (Å²) in [5.74, 6) is -0.473. The summed E-state index contributed by atoms with van der Waals surface area (Å²) in [5, 5.41) is 9.42. The molecule has 0 bridgehead atoms. The summed E-state index contributed by atoms with van der Waals surface area (Å²) in [4.78, 5) is 25.0. The standard InChI is InChI=1S/C18H20F3NO4/c1-3-10-26-15(23)17(2)8-9-22(16(24)25)14(11-17)12-4-6-13(7-5-12)18(19,20)21/h3-7,14H,1,8-11H2,2H3,(H,24,25). The number of rotatable bonds is 4. The average Bonchev–Trinajstić information content (AvgIpc) is 2.58. The van der Waals surface area contributed by atoms with Crippen molar-refractivity contribution in [1.82, 2.24) is 4.90 Å². The van der Waals surface area contributed by atoms with Gasteiger partial charge in [0.15, 0.2) is 0 Å². The predicted octanol–water partition coefficient (Wildman–Crippen LogP) is 4.26. The van der Waals surface area contributed by atoms with Gasteiger partial charge in [-0.3, -0.25) is 4.79 Å². The topological polar surface area (TPSA) is 66.8 Å². The first-order chi connectivity index (χ1) is 12.1. The molecule has 8 heteroatoms. The Morgan fingerprint density at radius 2 is 2.00 bits per heavy atom. The maximum Gasteiger partial charge on any atom is 0.416 e. The molecule has 5 nitrogen and oxygen atoms in total. The molecule has 1 N–H and O–H groups in total. The lowest BCUT2D eigenvalue weighted by Crippen LogP contribution is -2.47. The van der Waals surface area contributed by atoms with Crippen molar-refractivity contribution in [3.05, 3.63) is 48.0 Å². The van der Waals surface area contributed by atoms with E-state index in [4.69, 9.17) is 4.74 Å². The molecule has 1 aliphatic heterocycles. The number of alkyl halides is 3. The van der Waals surface area contributed by atoms with Gasteiger partial charge in [-0.2, -0.15) is 13.2 Å². The van der Waals surface area contributed by atoms with E-state index in [9.17, 15) is 27.9 Å². The maximum absolute atomic E-state index is 12.7. The highest BCUT2D eigenvalue weighted by Gasteiger charge is 2.45. The number of esters is 1. The minimum Gasteiger partial charge on any atom is -0.465 e. The van der Waals surface area contributed by atoms with Crippen LogP contribution in [0, 0.1) is 5.41 Å². The Morgan fingerprint density at radius 1 is 1.38 bits per heavy atom. The van der Waals surface area contributed by atoms with Gasteiger partial charge < -0.3 is 14.7 Å². The van der Waals surface area contributed by atoms with Crippen molar-refractivity contribution in [3.63, 3.8) is 0 Å². The molecular weight excluding hydrogens is 351 g/mol. The largest absolute Gasteiger partial charge is 0.465 e. The second-order valence-electron chi connectivity index (χ2n) is 6.51. The third-order valence-electron chi connectivity index (χ3n) is 4.62. The van der Waals surface area contributed by atoms with Gasteiger partial charge in [0.25, 0.3) is 0 Å². The van der Waals surface area contributed by atoms with Crippen LogP contribution in [0.25, 0.3) is 0 Å². The highest BCUT2D eigenvalue weighted by molar-refractivity contribution is 5.77. The zero-order chi connectivity index (χ0) is 19.5. The van der Waals surface area contributed by atoms with Crippen LogP contribution in [-0.4, -0.2) is 35.2 Å². The van der Waals surface area contributed by atoms with E-state index in [-0.39, 0.29) is 26.0 Å². The first-order valence-electron chi connectivity index (χ1n) is 8.03. The van der Waals surface area contributed by atoms with Crippen LogP contribution < -0.4 is 0 Å². The SMILES string of the molecule is C=CCOC(=O)C1(C)CCN(C(=O)O)C(c2ccc(C(F)(F)F)cc2)C1. The van der Waals surface area contributed by atoms with Crippen LogP contribution in [0.4, 0.5) is 18.0 Å². The molecule has 1 amide bonds. The van der Waals surface area contributed by atoms with Crippen LogP contribution >= 0.6 is 0 Å². The molecule has 26 heavy (non-hydrogen) atoms. The van der Waals surface area contributed by atoms with E-state index < -0.39 is 35.3 Å². The second kappa shape index (κ2) is 7.39. The average molecular weight is 371 g/mol. The molecule has 0 spiro atoms. The van der Waals surface area contributed by atoms with E-state index in [0.29, 0.717) is 5.56 Å². The van der Waals surface area contributed by atoms with E-state index in [2.05, 4.69) is 6.58 Å². The Bertz CT molecular complexity index is 687. The summed E-state index contributed by atoms with van der Waals surface area (Å²) in [6.07, 6.45) is -3.83. The van der Waals surface area contributed by atoms with Gasteiger partial charge in [-0.25, -0.2) is 4.79 Å². The number of likely N-dealkylation sites (tertiary alicyclic amines) is 1. The van der Waals surface area contributed by atoms with Crippen molar-refractivity contribution < 1.29 is 32.6 Å². The number of carbonyl (C=O) groups excluding carboxylic acids is 1. The summed E-state index contributed by atoms with van der Waals surface area (Å²) in [6, 6.07) is 3.60. The van der Waals surface area contributed by atoms with Crippen LogP contribution in [0.2, 0.25) is 0 Å². The summed E-state index contributed by atoms with van der Waals surface area (Å²) < 4.78 is 43.3. The molecule has 2 rings (SSSR count). The Balaban J connectivity index is 2.30. The third-order valence-corrected chi connectivity index (χ3v) is 4.62. The van der Waals surface area contributed by atoms with Crippen molar-refractivity contribution in [2.24, 2.45) is 5.41 Å². The van der Waals surface area contributed by atoms with Crippen molar-refractivity contribution in [3.8, 4) is 0 Å². The fraction of sp³-hybridized carbons (Fsp3) is 0.444. The molecule has 2 atom stereocenters. The Morgan fingerprint density at radius 3 is 2.50 bits per heavy atom. The van der Waals surface area contributed by atoms with E-state index in [0.717, 1.165) is 17.0 Å². The summed E-state index contributed by atoms with van der Waals surface area (Å²) in [6.45, 7) is 5.27. The number of hydrogen-bond donors (Lipinski definition) is 1. The Labute approximate surface area is 149 Å². The second-order valence-corrected chi connectivity index (χ2v) is 6.51. The molecule has 0 radical (unpaired) electrons. The number of amides is 1. The number of carboxylic acid groups (broad SMARTS) is 1. The molecule has 1 aliphatic rings. The number of nitrogens with zero attached hydrogens (tertiary/aromatic N) is 1. The lowest BCUT2D eigenvalue weighted by Gasteiger charge is -2.42. The summed E-state index contributed by atoms with van der Waals surface area (Å²) in [5.41, 5.74) is -1.34. The Kier molecular flexibility index (Phi) is 5.63. The number of ether oxygens (including phenoxy) is 1. The molecular formula is C18H20F3NO4. The van der Waals surface area contributed by atoms with Gasteiger partial charge in [0, 0.05) is 6.54 Å². The fourth-order valence-electron chi connectivity index (χ4n) is 3.08. The highest BCUT2D eigenvalue weighted by atomic mass is 19.4. The first-order valence-corrected chi connectivity index (χ1v) is 8.03. The highest BCUT2D eigenvalue weighted by Crippen LogP contribution is 2.43. The minimum atomic E-state index is -4.47. The quantitative estimate of drug-likeness (QED) is 0.635. The van der Waals surface area contributed by atoms with Gasteiger partial charge in [-0.1, -0.05) is 24.8 Å². The van der Waals surface area contributed by atoms with Gasteiger partial charge in [-0.05, 0) is 37.5 Å². The van der Waals surface area contributed by atoms with E-state index in [1.165, 1.54) is 18.2 Å². The molecule has 1 heterocycles. The minimum absolute atomic E-state index is 0.0437. The number of halogens is 3. The third kappa shape index (κ3) is 4.17. The van der Waals surface area contributed by atoms with Gasteiger partial charge in [-0.15, -0.1) is 0 Å². The molecule has 1 saturated heterocycles. The zero-order valence-corrected chi connectivity index (χ0v) is 14.3. The summed E-state index contributed by atoms with van der Waals surface area (Å²) in [7, 11) is 0. The molecule has 0 aliphatic carbocycles. The predicted molar refractivity (Wildman–Crippen MR) is 87.4 cm³/mol. The molecule has 1 fully saturated rings.